The summed E-state index contributed by atoms with van der Waals surface area (Å²) in [5.74, 6) is 0.0166. The molecule has 0 amide bonds. The molecule has 0 aliphatic carbocycles. The minimum Gasteiger partial charge on any atom is -0.398 e. The van der Waals surface area contributed by atoms with Crippen LogP contribution in [-0.4, -0.2) is 24.0 Å². The number of sulfone groups is 1. The first kappa shape index (κ1) is 14.8. The highest BCUT2D eigenvalue weighted by atomic mass is 32.2. The van der Waals surface area contributed by atoms with Gasteiger partial charge >= 0.3 is 0 Å². The van der Waals surface area contributed by atoms with Crippen molar-refractivity contribution in [3.8, 4) is 0 Å². The van der Waals surface area contributed by atoms with Gasteiger partial charge in [-0.25, -0.2) is 8.42 Å². The lowest BCUT2D eigenvalue weighted by molar-refractivity contribution is 0.540. The van der Waals surface area contributed by atoms with Crippen molar-refractivity contribution in [1.29, 1.82) is 0 Å². The summed E-state index contributed by atoms with van der Waals surface area (Å²) in [7, 11) is -3.19. The summed E-state index contributed by atoms with van der Waals surface area (Å²) >= 11 is 0. The molecular formula is C12H20N2O3S. The number of aromatic nitrogens is 1. The van der Waals surface area contributed by atoms with Crippen LogP contribution >= 0.6 is 0 Å². The molecule has 1 aromatic rings. The Morgan fingerprint density at radius 2 is 1.89 bits per heavy atom. The van der Waals surface area contributed by atoms with Crippen molar-refractivity contribution in [2.45, 2.75) is 32.6 Å². The predicted molar refractivity (Wildman–Crippen MR) is 73.2 cm³/mol. The van der Waals surface area contributed by atoms with Gasteiger partial charge in [-0.05, 0) is 18.9 Å². The van der Waals surface area contributed by atoms with Gasteiger partial charge < -0.3 is 10.3 Å². The Labute approximate surface area is 108 Å². The largest absolute Gasteiger partial charge is 0.398 e. The first-order valence-corrected chi connectivity index (χ1v) is 7.63. The highest BCUT2D eigenvalue weighted by molar-refractivity contribution is 7.92. The Balaban J connectivity index is 2.83. The molecule has 6 heteroatoms. The van der Waals surface area contributed by atoms with Crippen molar-refractivity contribution >= 4 is 15.5 Å². The van der Waals surface area contributed by atoms with E-state index in [2.05, 4.69) is 0 Å². The third kappa shape index (κ3) is 3.60. The molecule has 1 rings (SSSR count). The van der Waals surface area contributed by atoms with Gasteiger partial charge in [-0.15, -0.1) is 0 Å². The Bertz CT molecular complexity index is 561. The fourth-order valence-electron chi connectivity index (χ4n) is 1.55. The summed E-state index contributed by atoms with van der Waals surface area (Å²) in [5, 5.41) is -0.408. The molecule has 1 heterocycles. The molecule has 5 nitrogen and oxygen atoms in total. The van der Waals surface area contributed by atoms with Crippen LogP contribution in [0.25, 0.3) is 0 Å². The monoisotopic (exact) mass is 272 g/mol. The number of nitrogens with two attached hydrogens (primary N) is 1. The van der Waals surface area contributed by atoms with E-state index >= 15 is 0 Å². The first-order chi connectivity index (χ1) is 8.24. The van der Waals surface area contributed by atoms with Crippen LogP contribution < -0.4 is 11.3 Å². The summed E-state index contributed by atoms with van der Waals surface area (Å²) in [6, 6.07) is 2.85. The number of nitrogens with zero attached hydrogens (tertiary/aromatic N) is 1. The molecule has 102 valence electrons. The average molecular weight is 272 g/mol. The lowest BCUT2D eigenvalue weighted by Crippen LogP contribution is -2.30. The van der Waals surface area contributed by atoms with E-state index in [-0.39, 0.29) is 23.8 Å². The van der Waals surface area contributed by atoms with Crippen LogP contribution in [0.5, 0.6) is 0 Å². The van der Waals surface area contributed by atoms with Gasteiger partial charge in [0.1, 0.15) is 0 Å². The minimum absolute atomic E-state index is 0.0459. The van der Waals surface area contributed by atoms with E-state index in [4.69, 9.17) is 5.73 Å². The Kier molecular flexibility index (Phi) is 4.56. The third-order valence-electron chi connectivity index (χ3n) is 3.13. The van der Waals surface area contributed by atoms with Crippen LogP contribution in [0.15, 0.2) is 23.1 Å². The van der Waals surface area contributed by atoms with Crippen LogP contribution in [-0.2, 0) is 16.4 Å². The van der Waals surface area contributed by atoms with E-state index in [0.717, 1.165) is 0 Å². The summed E-state index contributed by atoms with van der Waals surface area (Å²) in [5.41, 5.74) is 5.77. The standard InChI is InChI=1S/C12H20N2O3S/c1-9(2)10(3)18(16,17)7-6-14-8-11(13)4-5-12(14)15/h4-5,8-10H,6-7,13H2,1-3H3. The van der Waals surface area contributed by atoms with Gasteiger partial charge in [0.05, 0.1) is 11.0 Å². The summed E-state index contributed by atoms with van der Waals surface area (Å²) < 4.78 is 25.3. The number of rotatable bonds is 5. The van der Waals surface area contributed by atoms with Gasteiger partial charge in [0.15, 0.2) is 9.84 Å². The van der Waals surface area contributed by atoms with Crippen LogP contribution in [0, 0.1) is 5.92 Å². The smallest absolute Gasteiger partial charge is 0.250 e. The molecule has 0 bridgehead atoms. The molecule has 0 aromatic carbocycles. The highest BCUT2D eigenvalue weighted by Gasteiger charge is 2.23. The van der Waals surface area contributed by atoms with Crippen LogP contribution in [0.2, 0.25) is 0 Å². The molecule has 2 N–H and O–H groups in total. The number of hydrogen-bond donors (Lipinski definition) is 1. The Hall–Kier alpha value is -1.30. The maximum absolute atomic E-state index is 12.0. The summed E-state index contributed by atoms with van der Waals surface area (Å²) in [4.78, 5) is 11.5. The Morgan fingerprint density at radius 1 is 1.28 bits per heavy atom. The molecule has 18 heavy (non-hydrogen) atoms. The third-order valence-corrected chi connectivity index (χ3v) is 5.56. The fraction of sp³-hybridized carbons (Fsp3) is 0.583. The highest BCUT2D eigenvalue weighted by Crippen LogP contribution is 2.12. The van der Waals surface area contributed by atoms with Crippen LogP contribution in [0.3, 0.4) is 0 Å². The molecule has 1 aromatic heterocycles. The van der Waals surface area contributed by atoms with E-state index in [1.165, 1.54) is 22.9 Å². The van der Waals surface area contributed by atoms with Gasteiger partial charge in [0.2, 0.25) is 0 Å². The number of anilines is 1. The SMILES string of the molecule is CC(C)C(C)S(=O)(=O)CCn1cc(N)ccc1=O. The maximum Gasteiger partial charge on any atom is 0.250 e. The minimum atomic E-state index is -3.19. The van der Waals surface area contributed by atoms with Crippen molar-refractivity contribution in [3.63, 3.8) is 0 Å². The number of hydrogen-bond acceptors (Lipinski definition) is 4. The van der Waals surface area contributed by atoms with Crippen molar-refractivity contribution in [3.05, 3.63) is 28.7 Å². The number of nitrogen functional groups attached to an aromatic ring is 1. The molecule has 0 spiro atoms. The molecule has 0 fully saturated rings. The zero-order chi connectivity index (χ0) is 13.9. The maximum atomic E-state index is 12.0. The van der Waals surface area contributed by atoms with E-state index in [0.29, 0.717) is 5.69 Å². The van der Waals surface area contributed by atoms with Gasteiger partial charge in [0.25, 0.3) is 5.56 Å². The van der Waals surface area contributed by atoms with E-state index in [1.807, 2.05) is 13.8 Å². The molecular weight excluding hydrogens is 252 g/mol. The molecule has 0 saturated carbocycles. The second-order valence-electron chi connectivity index (χ2n) is 4.81. The molecule has 1 unspecified atom stereocenters. The van der Waals surface area contributed by atoms with E-state index < -0.39 is 15.1 Å². The molecule has 0 saturated heterocycles. The fourth-order valence-corrected chi connectivity index (χ4v) is 3.20. The van der Waals surface area contributed by atoms with Crippen molar-refractivity contribution < 1.29 is 8.42 Å². The molecule has 0 aliphatic heterocycles. The average Bonchev–Trinajstić information content (AvgIpc) is 2.29. The molecule has 1 atom stereocenters. The van der Waals surface area contributed by atoms with Gasteiger partial charge in [-0.1, -0.05) is 13.8 Å². The topological polar surface area (TPSA) is 82.2 Å². The predicted octanol–water partition coefficient (Wildman–Crippen LogP) is 0.890. The first-order valence-electron chi connectivity index (χ1n) is 5.91. The zero-order valence-electron chi connectivity index (χ0n) is 11.0. The second-order valence-corrected chi connectivity index (χ2v) is 7.29. The van der Waals surface area contributed by atoms with Gasteiger partial charge in [-0.3, -0.25) is 4.79 Å². The van der Waals surface area contributed by atoms with Gasteiger partial charge in [0, 0.05) is 24.5 Å². The van der Waals surface area contributed by atoms with E-state index in [9.17, 15) is 13.2 Å². The second kappa shape index (κ2) is 5.56. The quantitative estimate of drug-likeness (QED) is 0.863. The van der Waals surface area contributed by atoms with E-state index in [1.54, 1.807) is 6.92 Å². The summed E-state index contributed by atoms with van der Waals surface area (Å²) in [6.07, 6.45) is 1.47. The van der Waals surface area contributed by atoms with Crippen LogP contribution in [0.1, 0.15) is 20.8 Å². The lowest BCUT2D eigenvalue weighted by atomic mass is 10.2. The molecule has 0 aliphatic rings. The van der Waals surface area contributed by atoms with Crippen molar-refractivity contribution in [2.24, 2.45) is 5.92 Å². The Morgan fingerprint density at radius 3 is 2.44 bits per heavy atom. The lowest BCUT2D eigenvalue weighted by Gasteiger charge is -2.16. The van der Waals surface area contributed by atoms with Crippen molar-refractivity contribution in [1.82, 2.24) is 4.57 Å². The molecule has 0 radical (unpaired) electrons. The van der Waals surface area contributed by atoms with Gasteiger partial charge in [-0.2, -0.15) is 0 Å². The number of pyridine rings is 1. The summed E-state index contributed by atoms with van der Waals surface area (Å²) in [6.45, 7) is 5.58. The van der Waals surface area contributed by atoms with Crippen molar-refractivity contribution in [2.75, 3.05) is 11.5 Å². The number of aryl methyl sites for hydroxylation is 1. The zero-order valence-corrected chi connectivity index (χ0v) is 11.8. The van der Waals surface area contributed by atoms with Crippen LogP contribution in [0.4, 0.5) is 5.69 Å². The normalized spacial score (nSPS) is 13.8.